The molecule has 0 radical (unpaired) electrons. The Kier molecular flexibility index (Phi) is 11.7. The third kappa shape index (κ3) is 8.85. The molecular formula is C22H34O3. The summed E-state index contributed by atoms with van der Waals surface area (Å²) in [7, 11) is 1.35. The number of Topliss-reactive ketones (excluding diaryl/α,β-unsaturated/α-hetero) is 1. The van der Waals surface area contributed by atoms with Gasteiger partial charge in [-0.05, 0) is 6.42 Å². The Bertz CT molecular complexity index is 481. The fraction of sp³-hybridized carbons (Fsp3) is 0.636. The van der Waals surface area contributed by atoms with Gasteiger partial charge < -0.3 is 4.74 Å². The SMILES string of the molecule is CCCCCCCCCCCCC(C(=O)OC)C(=O)c1ccccc1. The Balaban J connectivity index is 2.26. The lowest BCUT2D eigenvalue weighted by atomic mass is 9.92. The predicted octanol–water partition coefficient (Wildman–Crippen LogP) is 5.97. The van der Waals surface area contributed by atoms with Crippen molar-refractivity contribution in [2.45, 2.75) is 77.6 Å². The molecule has 0 aliphatic heterocycles. The van der Waals surface area contributed by atoms with Crippen LogP contribution in [-0.4, -0.2) is 18.9 Å². The number of carbonyl (C=O) groups is 2. The van der Waals surface area contributed by atoms with Gasteiger partial charge in [-0.15, -0.1) is 0 Å². The van der Waals surface area contributed by atoms with Crippen LogP contribution in [0.25, 0.3) is 0 Å². The van der Waals surface area contributed by atoms with Gasteiger partial charge in [0.15, 0.2) is 5.78 Å². The van der Waals surface area contributed by atoms with Gasteiger partial charge in [0.2, 0.25) is 0 Å². The molecule has 0 aromatic heterocycles. The van der Waals surface area contributed by atoms with Crippen LogP contribution in [0.2, 0.25) is 0 Å². The van der Waals surface area contributed by atoms with Crippen LogP contribution in [0.15, 0.2) is 30.3 Å². The fourth-order valence-corrected chi connectivity index (χ4v) is 3.14. The van der Waals surface area contributed by atoms with Gasteiger partial charge in [0.1, 0.15) is 5.92 Å². The quantitative estimate of drug-likeness (QED) is 0.180. The minimum Gasteiger partial charge on any atom is -0.468 e. The van der Waals surface area contributed by atoms with Crippen LogP contribution in [0.1, 0.15) is 87.9 Å². The normalized spacial score (nSPS) is 11.9. The second-order valence-electron chi connectivity index (χ2n) is 6.78. The first-order valence-electron chi connectivity index (χ1n) is 9.87. The number of benzene rings is 1. The minimum atomic E-state index is -0.665. The van der Waals surface area contributed by atoms with E-state index in [1.54, 1.807) is 12.1 Å². The van der Waals surface area contributed by atoms with Crippen LogP contribution in [-0.2, 0) is 9.53 Å². The van der Waals surface area contributed by atoms with Crippen LogP contribution in [0.3, 0.4) is 0 Å². The largest absolute Gasteiger partial charge is 0.468 e. The Morgan fingerprint density at radius 3 is 1.88 bits per heavy atom. The number of unbranched alkanes of at least 4 members (excludes halogenated alkanes) is 9. The van der Waals surface area contributed by atoms with Gasteiger partial charge in [-0.2, -0.15) is 0 Å². The summed E-state index contributed by atoms with van der Waals surface area (Å²) in [6.07, 6.45) is 13.0. The number of methoxy groups -OCH3 is 1. The predicted molar refractivity (Wildman–Crippen MR) is 103 cm³/mol. The zero-order valence-corrected chi connectivity index (χ0v) is 16.0. The highest BCUT2D eigenvalue weighted by Gasteiger charge is 2.27. The summed E-state index contributed by atoms with van der Waals surface area (Å²) in [6, 6.07) is 9.03. The third-order valence-corrected chi connectivity index (χ3v) is 4.71. The molecule has 1 unspecified atom stereocenters. The van der Waals surface area contributed by atoms with E-state index in [4.69, 9.17) is 4.74 Å². The zero-order valence-electron chi connectivity index (χ0n) is 16.0. The van der Waals surface area contributed by atoms with Crippen LogP contribution >= 0.6 is 0 Å². The van der Waals surface area contributed by atoms with Crippen molar-refractivity contribution in [3.8, 4) is 0 Å². The number of ether oxygens (including phenoxy) is 1. The molecule has 0 fully saturated rings. The van der Waals surface area contributed by atoms with Crippen LogP contribution < -0.4 is 0 Å². The van der Waals surface area contributed by atoms with E-state index in [1.807, 2.05) is 18.2 Å². The van der Waals surface area contributed by atoms with Crippen molar-refractivity contribution < 1.29 is 14.3 Å². The molecule has 0 spiro atoms. The molecule has 1 rings (SSSR count). The van der Waals surface area contributed by atoms with Crippen molar-refractivity contribution in [3.63, 3.8) is 0 Å². The summed E-state index contributed by atoms with van der Waals surface area (Å²) in [4.78, 5) is 24.5. The maximum atomic E-state index is 12.5. The van der Waals surface area contributed by atoms with Crippen molar-refractivity contribution in [1.29, 1.82) is 0 Å². The first kappa shape index (κ1) is 21.4. The molecule has 0 saturated carbocycles. The molecule has 1 aromatic rings. The average molecular weight is 347 g/mol. The van der Waals surface area contributed by atoms with Crippen LogP contribution in [0.4, 0.5) is 0 Å². The smallest absolute Gasteiger partial charge is 0.316 e. The van der Waals surface area contributed by atoms with Gasteiger partial charge in [0.25, 0.3) is 0 Å². The first-order chi connectivity index (χ1) is 12.2. The second-order valence-corrected chi connectivity index (χ2v) is 6.78. The highest BCUT2D eigenvalue weighted by Crippen LogP contribution is 2.19. The lowest BCUT2D eigenvalue weighted by Crippen LogP contribution is -2.25. The molecule has 140 valence electrons. The standard InChI is InChI=1S/C22H34O3/c1-3-4-5-6-7-8-9-10-11-15-18-20(22(24)25-2)21(23)19-16-13-12-14-17-19/h12-14,16-17,20H,3-11,15,18H2,1-2H3. The summed E-state index contributed by atoms with van der Waals surface area (Å²) < 4.78 is 4.84. The van der Waals surface area contributed by atoms with E-state index in [0.29, 0.717) is 12.0 Å². The molecule has 0 N–H and O–H groups in total. The molecule has 0 amide bonds. The van der Waals surface area contributed by atoms with E-state index in [0.717, 1.165) is 12.8 Å². The Labute approximate surface area is 153 Å². The number of carbonyl (C=O) groups excluding carboxylic acids is 2. The zero-order chi connectivity index (χ0) is 18.3. The van der Waals surface area contributed by atoms with Crippen molar-refractivity contribution in [2.24, 2.45) is 5.92 Å². The van der Waals surface area contributed by atoms with E-state index in [2.05, 4.69) is 6.92 Å². The fourth-order valence-electron chi connectivity index (χ4n) is 3.14. The number of hydrogen-bond donors (Lipinski definition) is 0. The minimum absolute atomic E-state index is 0.122. The third-order valence-electron chi connectivity index (χ3n) is 4.71. The monoisotopic (exact) mass is 346 g/mol. The lowest BCUT2D eigenvalue weighted by molar-refractivity contribution is -0.143. The first-order valence-corrected chi connectivity index (χ1v) is 9.87. The van der Waals surface area contributed by atoms with Crippen molar-refractivity contribution >= 4 is 11.8 Å². The van der Waals surface area contributed by atoms with Gasteiger partial charge in [-0.25, -0.2) is 0 Å². The summed E-state index contributed by atoms with van der Waals surface area (Å²) >= 11 is 0. The summed E-state index contributed by atoms with van der Waals surface area (Å²) in [5.41, 5.74) is 0.588. The highest BCUT2D eigenvalue weighted by atomic mass is 16.5. The molecule has 0 bridgehead atoms. The molecule has 0 aliphatic carbocycles. The summed E-state index contributed by atoms with van der Waals surface area (Å²) in [5.74, 6) is -1.20. The van der Waals surface area contributed by atoms with E-state index < -0.39 is 11.9 Å². The Morgan fingerprint density at radius 1 is 0.840 bits per heavy atom. The van der Waals surface area contributed by atoms with Crippen LogP contribution in [0, 0.1) is 5.92 Å². The van der Waals surface area contributed by atoms with Gasteiger partial charge in [-0.3, -0.25) is 9.59 Å². The number of ketones is 1. The van der Waals surface area contributed by atoms with Crippen LogP contribution in [0.5, 0.6) is 0 Å². The van der Waals surface area contributed by atoms with Gasteiger partial charge in [-0.1, -0.05) is 101 Å². The van der Waals surface area contributed by atoms with E-state index in [9.17, 15) is 9.59 Å². The van der Waals surface area contributed by atoms with Gasteiger partial charge >= 0.3 is 5.97 Å². The summed E-state index contributed by atoms with van der Waals surface area (Å²) in [5, 5.41) is 0. The Hall–Kier alpha value is -1.64. The maximum absolute atomic E-state index is 12.5. The molecule has 0 heterocycles. The Morgan fingerprint density at radius 2 is 1.36 bits per heavy atom. The number of hydrogen-bond acceptors (Lipinski definition) is 3. The van der Waals surface area contributed by atoms with E-state index in [1.165, 1.54) is 58.5 Å². The van der Waals surface area contributed by atoms with Crippen molar-refractivity contribution in [2.75, 3.05) is 7.11 Å². The number of esters is 1. The maximum Gasteiger partial charge on any atom is 0.316 e. The number of rotatable bonds is 14. The molecule has 25 heavy (non-hydrogen) atoms. The molecule has 3 nitrogen and oxygen atoms in total. The molecule has 1 aromatic carbocycles. The van der Waals surface area contributed by atoms with Gasteiger partial charge in [0.05, 0.1) is 7.11 Å². The summed E-state index contributed by atoms with van der Waals surface area (Å²) in [6.45, 7) is 2.24. The van der Waals surface area contributed by atoms with E-state index in [-0.39, 0.29) is 5.78 Å². The lowest BCUT2D eigenvalue weighted by Gasteiger charge is -2.13. The second kappa shape index (κ2) is 13.6. The highest BCUT2D eigenvalue weighted by molar-refractivity contribution is 6.08. The topological polar surface area (TPSA) is 43.4 Å². The van der Waals surface area contributed by atoms with E-state index >= 15 is 0 Å². The average Bonchev–Trinajstić information content (AvgIpc) is 2.66. The van der Waals surface area contributed by atoms with Gasteiger partial charge in [0, 0.05) is 5.56 Å². The van der Waals surface area contributed by atoms with Crippen molar-refractivity contribution in [3.05, 3.63) is 35.9 Å². The molecule has 0 aliphatic rings. The molecule has 0 saturated heterocycles. The van der Waals surface area contributed by atoms with Crippen molar-refractivity contribution in [1.82, 2.24) is 0 Å². The molecular weight excluding hydrogens is 312 g/mol. The molecule has 1 atom stereocenters. The molecule has 3 heteroatoms.